The topological polar surface area (TPSA) is 64.0 Å². The quantitative estimate of drug-likeness (QED) is 0.730. The van der Waals surface area contributed by atoms with Gasteiger partial charge in [-0.1, -0.05) is 72.3 Å². The van der Waals surface area contributed by atoms with Crippen molar-refractivity contribution in [3.63, 3.8) is 0 Å². The van der Waals surface area contributed by atoms with Crippen LogP contribution in [-0.2, 0) is 22.3 Å². The van der Waals surface area contributed by atoms with Crippen LogP contribution in [0, 0.1) is 0 Å². The number of sulfonamides is 1. The molecule has 0 aliphatic rings. The molecule has 0 saturated heterocycles. The van der Waals surface area contributed by atoms with Crippen LogP contribution in [0.4, 0.5) is 5.82 Å². The van der Waals surface area contributed by atoms with E-state index in [9.17, 15) is 8.42 Å². The molecule has 3 rings (SSSR count). The third-order valence-corrected chi connectivity index (χ3v) is 4.85. The molecule has 0 bridgehead atoms. The molecule has 3 aromatic rings. The number of rotatable bonds is 6. The molecule has 0 aliphatic heterocycles. The smallest absolute Gasteiger partial charge is 0.238 e. The standard InChI is InChI=1S/C17H16ClN3O2S/c18-16-12-21(11-14-7-3-1-4-8-14)19-17(16)20-24(22,23)13-15-9-5-2-6-10-15/h1-10,12H,11,13H2,(H,19,20). The predicted molar refractivity (Wildman–Crippen MR) is 95.5 cm³/mol. The Morgan fingerprint density at radius 3 is 2.17 bits per heavy atom. The molecular weight excluding hydrogens is 346 g/mol. The Kier molecular flexibility index (Phi) is 4.87. The van der Waals surface area contributed by atoms with Crippen LogP contribution in [0.2, 0.25) is 5.02 Å². The van der Waals surface area contributed by atoms with Crippen LogP contribution in [0.25, 0.3) is 0 Å². The Bertz CT molecular complexity index is 910. The largest absolute Gasteiger partial charge is 0.265 e. The van der Waals surface area contributed by atoms with Crippen molar-refractivity contribution in [1.29, 1.82) is 0 Å². The number of benzene rings is 2. The molecule has 1 N–H and O–H groups in total. The van der Waals surface area contributed by atoms with E-state index in [1.54, 1.807) is 35.1 Å². The monoisotopic (exact) mass is 361 g/mol. The van der Waals surface area contributed by atoms with Gasteiger partial charge in [0.2, 0.25) is 10.0 Å². The van der Waals surface area contributed by atoms with Gasteiger partial charge in [-0.3, -0.25) is 9.40 Å². The molecule has 7 heteroatoms. The van der Waals surface area contributed by atoms with Crippen molar-refractivity contribution in [2.75, 3.05) is 4.72 Å². The molecule has 124 valence electrons. The second-order valence-corrected chi connectivity index (χ2v) is 7.49. The van der Waals surface area contributed by atoms with Crippen LogP contribution >= 0.6 is 11.6 Å². The van der Waals surface area contributed by atoms with Gasteiger partial charge in [0.1, 0.15) is 5.02 Å². The number of aromatic nitrogens is 2. The van der Waals surface area contributed by atoms with Gasteiger partial charge in [-0.2, -0.15) is 5.10 Å². The van der Waals surface area contributed by atoms with Gasteiger partial charge >= 0.3 is 0 Å². The first-order valence-corrected chi connectivity index (χ1v) is 9.36. The van der Waals surface area contributed by atoms with Crippen molar-refractivity contribution in [1.82, 2.24) is 9.78 Å². The van der Waals surface area contributed by atoms with Gasteiger partial charge < -0.3 is 0 Å². The van der Waals surface area contributed by atoms with Crippen LogP contribution in [0.5, 0.6) is 0 Å². The van der Waals surface area contributed by atoms with Crippen LogP contribution < -0.4 is 4.72 Å². The molecule has 0 fully saturated rings. The maximum absolute atomic E-state index is 12.3. The summed E-state index contributed by atoms with van der Waals surface area (Å²) in [6, 6.07) is 18.7. The van der Waals surface area contributed by atoms with Gasteiger partial charge in [-0.15, -0.1) is 0 Å². The average molecular weight is 362 g/mol. The van der Waals surface area contributed by atoms with Crippen LogP contribution in [-0.4, -0.2) is 18.2 Å². The summed E-state index contributed by atoms with van der Waals surface area (Å²) in [5, 5.41) is 4.49. The molecular formula is C17H16ClN3O2S. The van der Waals surface area contributed by atoms with Gasteiger partial charge in [-0.25, -0.2) is 8.42 Å². The summed E-state index contributed by atoms with van der Waals surface area (Å²) >= 11 is 6.11. The van der Waals surface area contributed by atoms with Gasteiger partial charge in [0.15, 0.2) is 5.82 Å². The zero-order chi connectivity index (χ0) is 17.0. The van der Waals surface area contributed by atoms with E-state index in [0.717, 1.165) is 5.56 Å². The molecule has 24 heavy (non-hydrogen) atoms. The van der Waals surface area contributed by atoms with Gasteiger partial charge in [-0.05, 0) is 11.1 Å². The number of nitrogens with one attached hydrogen (secondary N) is 1. The second-order valence-electron chi connectivity index (χ2n) is 5.36. The maximum Gasteiger partial charge on any atom is 0.238 e. The van der Waals surface area contributed by atoms with Crippen molar-refractivity contribution in [2.45, 2.75) is 12.3 Å². The summed E-state index contributed by atoms with van der Waals surface area (Å²) in [5.41, 5.74) is 1.75. The highest BCUT2D eigenvalue weighted by Gasteiger charge is 2.16. The first-order chi connectivity index (χ1) is 11.5. The predicted octanol–water partition coefficient (Wildman–Crippen LogP) is 3.53. The van der Waals surface area contributed by atoms with Gasteiger partial charge in [0.05, 0.1) is 12.3 Å². The molecule has 1 aromatic heterocycles. The second kappa shape index (κ2) is 7.07. The number of nitrogens with zero attached hydrogens (tertiary/aromatic N) is 2. The summed E-state index contributed by atoms with van der Waals surface area (Å²) in [6.07, 6.45) is 1.61. The Morgan fingerprint density at radius 2 is 1.54 bits per heavy atom. The molecule has 0 radical (unpaired) electrons. The summed E-state index contributed by atoms with van der Waals surface area (Å²) in [7, 11) is -3.58. The van der Waals surface area contributed by atoms with Crippen molar-refractivity contribution in [3.8, 4) is 0 Å². The Morgan fingerprint density at radius 1 is 0.958 bits per heavy atom. The highest BCUT2D eigenvalue weighted by molar-refractivity contribution is 7.91. The van der Waals surface area contributed by atoms with E-state index in [1.807, 2.05) is 36.4 Å². The molecule has 1 heterocycles. The third kappa shape index (κ3) is 4.37. The lowest BCUT2D eigenvalue weighted by atomic mass is 10.2. The molecule has 2 aromatic carbocycles. The van der Waals surface area contributed by atoms with Crippen molar-refractivity contribution in [2.24, 2.45) is 0 Å². The number of hydrogen-bond donors (Lipinski definition) is 1. The van der Waals surface area contributed by atoms with E-state index in [4.69, 9.17) is 11.6 Å². The van der Waals surface area contributed by atoms with Crippen molar-refractivity contribution >= 4 is 27.4 Å². The normalized spacial score (nSPS) is 11.4. The summed E-state index contributed by atoms with van der Waals surface area (Å²) < 4.78 is 28.6. The Balaban J connectivity index is 1.73. The van der Waals surface area contributed by atoms with Crippen LogP contribution in [0.3, 0.4) is 0 Å². The Hall–Kier alpha value is -2.31. The van der Waals surface area contributed by atoms with E-state index in [1.165, 1.54) is 0 Å². The van der Waals surface area contributed by atoms with Gasteiger partial charge in [0, 0.05) is 6.20 Å². The molecule has 0 unspecified atom stereocenters. The highest BCUT2D eigenvalue weighted by atomic mass is 35.5. The summed E-state index contributed by atoms with van der Waals surface area (Å²) in [4.78, 5) is 0. The minimum absolute atomic E-state index is 0.129. The van der Waals surface area contributed by atoms with E-state index < -0.39 is 10.0 Å². The lowest BCUT2D eigenvalue weighted by Gasteiger charge is -2.06. The van der Waals surface area contributed by atoms with E-state index in [2.05, 4.69) is 9.82 Å². The SMILES string of the molecule is O=S(=O)(Cc1ccccc1)Nc1nn(Cc2ccccc2)cc1Cl. The third-order valence-electron chi connectivity index (χ3n) is 3.36. The molecule has 0 amide bonds. The number of anilines is 1. The zero-order valence-corrected chi connectivity index (χ0v) is 14.3. The molecule has 0 spiro atoms. The molecule has 0 saturated carbocycles. The molecule has 0 aliphatic carbocycles. The van der Waals surface area contributed by atoms with Crippen LogP contribution in [0.1, 0.15) is 11.1 Å². The maximum atomic E-state index is 12.3. The van der Waals surface area contributed by atoms with E-state index in [-0.39, 0.29) is 16.6 Å². The molecule has 5 nitrogen and oxygen atoms in total. The number of hydrogen-bond acceptors (Lipinski definition) is 3. The lowest BCUT2D eigenvalue weighted by molar-refractivity contribution is 0.600. The molecule has 0 atom stereocenters. The highest BCUT2D eigenvalue weighted by Crippen LogP contribution is 2.22. The minimum atomic E-state index is -3.58. The van der Waals surface area contributed by atoms with E-state index in [0.29, 0.717) is 12.1 Å². The van der Waals surface area contributed by atoms with Crippen molar-refractivity contribution in [3.05, 3.63) is 83.0 Å². The fourth-order valence-electron chi connectivity index (χ4n) is 2.29. The fraction of sp³-hybridized carbons (Fsp3) is 0.118. The first kappa shape index (κ1) is 16.5. The summed E-state index contributed by atoms with van der Waals surface area (Å²) in [6.45, 7) is 0.515. The Labute approximate surface area is 145 Å². The lowest BCUT2D eigenvalue weighted by Crippen LogP contribution is -2.16. The summed E-state index contributed by atoms with van der Waals surface area (Å²) in [5.74, 6) is 0.0129. The van der Waals surface area contributed by atoms with Crippen LogP contribution in [0.15, 0.2) is 66.9 Å². The fourth-order valence-corrected chi connectivity index (χ4v) is 3.70. The zero-order valence-electron chi connectivity index (χ0n) is 12.8. The average Bonchev–Trinajstić information content (AvgIpc) is 2.87. The van der Waals surface area contributed by atoms with Gasteiger partial charge in [0.25, 0.3) is 0 Å². The van der Waals surface area contributed by atoms with E-state index >= 15 is 0 Å². The first-order valence-electron chi connectivity index (χ1n) is 7.33. The number of halogens is 1. The minimum Gasteiger partial charge on any atom is -0.265 e. The van der Waals surface area contributed by atoms with Crippen molar-refractivity contribution < 1.29 is 8.42 Å².